The van der Waals surface area contributed by atoms with Crippen molar-refractivity contribution in [2.24, 2.45) is 0 Å². The smallest absolute Gasteiger partial charge is 0.250 e. The van der Waals surface area contributed by atoms with E-state index in [0.717, 1.165) is 15.8 Å². The number of nitrogens with one attached hydrogen (secondary N) is 1. The Morgan fingerprint density at radius 1 is 1.55 bits per heavy atom. The lowest BCUT2D eigenvalue weighted by molar-refractivity contribution is -0.111. The van der Waals surface area contributed by atoms with Crippen LogP contribution in [0.1, 0.15) is 12.5 Å². The van der Waals surface area contributed by atoms with Crippen LogP contribution in [0.3, 0.4) is 0 Å². The van der Waals surface area contributed by atoms with Crippen molar-refractivity contribution in [3.8, 4) is 5.75 Å². The summed E-state index contributed by atoms with van der Waals surface area (Å²) in [5, 5.41) is 5.08. The molecule has 2 rings (SSSR count). The zero-order chi connectivity index (χ0) is 14.4. The second-order valence-electron chi connectivity index (χ2n) is 3.78. The molecule has 2 aromatic rings. The molecule has 1 N–H and O–H groups in total. The zero-order valence-corrected chi connectivity index (χ0v) is 13.2. The van der Waals surface area contributed by atoms with Gasteiger partial charge in [0, 0.05) is 27.7 Å². The average molecular weight is 353 g/mol. The molecule has 0 bridgehead atoms. The summed E-state index contributed by atoms with van der Waals surface area (Å²) in [6.07, 6.45) is 4.83. The molecule has 0 unspecified atom stereocenters. The van der Waals surface area contributed by atoms with E-state index in [4.69, 9.17) is 4.74 Å². The van der Waals surface area contributed by atoms with Crippen LogP contribution in [-0.4, -0.2) is 17.5 Å². The van der Waals surface area contributed by atoms with E-state index in [9.17, 15) is 4.79 Å². The predicted molar refractivity (Wildman–Crippen MR) is 85.1 cm³/mol. The molecule has 0 atom stereocenters. The summed E-state index contributed by atoms with van der Waals surface area (Å²) in [6, 6.07) is 5.67. The Balaban J connectivity index is 2.10. The molecular formula is C14H13BrN2O2S. The normalized spacial score (nSPS) is 10.7. The zero-order valence-electron chi connectivity index (χ0n) is 10.8. The number of carbonyl (C=O) groups is 1. The lowest BCUT2D eigenvalue weighted by atomic mass is 10.2. The fraction of sp³-hybridized carbons (Fsp3) is 0.143. The first-order valence-corrected chi connectivity index (χ1v) is 7.67. The minimum atomic E-state index is -0.220. The molecule has 6 heteroatoms. The molecule has 0 aliphatic heterocycles. The molecule has 0 saturated carbocycles. The molecule has 1 aromatic carbocycles. The SMILES string of the molecule is CCOc1ccc(Br)cc1/C=C/C(=O)Nc1nccs1. The van der Waals surface area contributed by atoms with Gasteiger partial charge in [0.05, 0.1) is 6.61 Å². The van der Waals surface area contributed by atoms with Gasteiger partial charge in [0.15, 0.2) is 5.13 Å². The highest BCUT2D eigenvalue weighted by atomic mass is 79.9. The Kier molecular flexibility index (Phi) is 5.31. The van der Waals surface area contributed by atoms with Crippen LogP contribution in [0.2, 0.25) is 0 Å². The van der Waals surface area contributed by atoms with Gasteiger partial charge < -0.3 is 4.74 Å². The third-order valence-electron chi connectivity index (χ3n) is 2.35. The Morgan fingerprint density at radius 3 is 3.10 bits per heavy atom. The molecule has 0 spiro atoms. The summed E-state index contributed by atoms with van der Waals surface area (Å²) in [4.78, 5) is 15.7. The minimum absolute atomic E-state index is 0.220. The molecule has 20 heavy (non-hydrogen) atoms. The number of benzene rings is 1. The Morgan fingerprint density at radius 2 is 2.40 bits per heavy atom. The quantitative estimate of drug-likeness (QED) is 0.828. The molecule has 0 aliphatic rings. The fourth-order valence-corrected chi connectivity index (χ4v) is 2.44. The number of ether oxygens (including phenoxy) is 1. The molecule has 1 aromatic heterocycles. The molecule has 1 heterocycles. The predicted octanol–water partition coefficient (Wildman–Crippen LogP) is 3.96. The summed E-state index contributed by atoms with van der Waals surface area (Å²) in [7, 11) is 0. The van der Waals surface area contributed by atoms with Gasteiger partial charge in [-0.1, -0.05) is 15.9 Å². The summed E-state index contributed by atoms with van der Waals surface area (Å²) in [5.41, 5.74) is 0.843. The number of hydrogen-bond acceptors (Lipinski definition) is 4. The maximum atomic E-state index is 11.8. The van der Waals surface area contributed by atoms with Crippen LogP contribution < -0.4 is 10.1 Å². The van der Waals surface area contributed by atoms with Crippen molar-refractivity contribution < 1.29 is 9.53 Å². The second kappa shape index (κ2) is 7.21. The van der Waals surface area contributed by atoms with Crippen LogP contribution in [0.15, 0.2) is 40.3 Å². The Labute approximate surface area is 129 Å². The highest BCUT2D eigenvalue weighted by molar-refractivity contribution is 9.10. The van der Waals surface area contributed by atoms with Crippen molar-refractivity contribution in [2.75, 3.05) is 11.9 Å². The maximum Gasteiger partial charge on any atom is 0.250 e. The monoisotopic (exact) mass is 352 g/mol. The number of amides is 1. The van der Waals surface area contributed by atoms with Gasteiger partial charge >= 0.3 is 0 Å². The molecule has 104 valence electrons. The number of hydrogen-bond donors (Lipinski definition) is 1. The number of halogens is 1. The topological polar surface area (TPSA) is 51.2 Å². The third kappa shape index (κ3) is 4.18. The van der Waals surface area contributed by atoms with Gasteiger partial charge in [-0.25, -0.2) is 4.98 Å². The van der Waals surface area contributed by atoms with Crippen LogP contribution >= 0.6 is 27.3 Å². The van der Waals surface area contributed by atoms with Crippen LogP contribution in [0.25, 0.3) is 6.08 Å². The summed E-state index contributed by atoms with van der Waals surface area (Å²) < 4.78 is 6.45. The van der Waals surface area contributed by atoms with Crippen molar-refractivity contribution in [2.45, 2.75) is 6.92 Å². The molecule has 4 nitrogen and oxygen atoms in total. The van der Waals surface area contributed by atoms with Crippen LogP contribution in [0.5, 0.6) is 5.75 Å². The number of nitrogens with zero attached hydrogens (tertiary/aromatic N) is 1. The maximum absolute atomic E-state index is 11.8. The van der Waals surface area contributed by atoms with E-state index in [1.165, 1.54) is 17.4 Å². The van der Waals surface area contributed by atoms with Gasteiger partial charge in [0.25, 0.3) is 0 Å². The molecule has 0 radical (unpaired) electrons. The first kappa shape index (κ1) is 14.7. The number of thiazole rings is 1. The average Bonchev–Trinajstić information content (AvgIpc) is 2.92. The van der Waals surface area contributed by atoms with Crippen LogP contribution in [0, 0.1) is 0 Å². The highest BCUT2D eigenvalue weighted by Crippen LogP contribution is 2.24. The molecule has 0 fully saturated rings. The highest BCUT2D eigenvalue weighted by Gasteiger charge is 2.03. The number of carbonyl (C=O) groups excluding carboxylic acids is 1. The van der Waals surface area contributed by atoms with E-state index >= 15 is 0 Å². The van der Waals surface area contributed by atoms with Gasteiger partial charge in [-0.05, 0) is 31.2 Å². The molecule has 1 amide bonds. The Bertz CT molecular complexity index is 612. The lowest BCUT2D eigenvalue weighted by Gasteiger charge is -2.07. The first-order chi connectivity index (χ1) is 9.69. The van der Waals surface area contributed by atoms with Crippen molar-refractivity contribution in [3.63, 3.8) is 0 Å². The van der Waals surface area contributed by atoms with E-state index < -0.39 is 0 Å². The standard InChI is InChI=1S/C14H13BrN2O2S/c1-2-19-12-5-4-11(15)9-10(12)3-6-13(18)17-14-16-7-8-20-14/h3-9H,2H2,1H3,(H,16,17,18)/b6-3+. The minimum Gasteiger partial charge on any atom is -0.493 e. The van der Waals surface area contributed by atoms with Gasteiger partial charge in [-0.3, -0.25) is 10.1 Å². The third-order valence-corrected chi connectivity index (χ3v) is 3.53. The number of rotatable bonds is 5. The first-order valence-electron chi connectivity index (χ1n) is 6.00. The summed E-state index contributed by atoms with van der Waals surface area (Å²) >= 11 is 4.78. The van der Waals surface area contributed by atoms with Crippen LogP contribution in [0.4, 0.5) is 5.13 Å². The molecular weight excluding hydrogens is 340 g/mol. The number of anilines is 1. The molecule has 0 aliphatic carbocycles. The van der Waals surface area contributed by atoms with Gasteiger partial charge in [-0.15, -0.1) is 11.3 Å². The largest absolute Gasteiger partial charge is 0.493 e. The van der Waals surface area contributed by atoms with Gasteiger partial charge in [0.1, 0.15) is 5.75 Å². The lowest BCUT2D eigenvalue weighted by Crippen LogP contribution is -2.07. The Hall–Kier alpha value is -1.66. The van der Waals surface area contributed by atoms with E-state index in [-0.39, 0.29) is 5.91 Å². The van der Waals surface area contributed by atoms with Gasteiger partial charge in [0.2, 0.25) is 5.91 Å². The van der Waals surface area contributed by atoms with E-state index in [1.54, 1.807) is 17.7 Å². The summed E-state index contributed by atoms with van der Waals surface area (Å²) in [5.74, 6) is 0.524. The van der Waals surface area contributed by atoms with E-state index in [2.05, 4.69) is 26.2 Å². The second-order valence-corrected chi connectivity index (χ2v) is 5.59. The van der Waals surface area contributed by atoms with Crippen molar-refractivity contribution in [3.05, 3.63) is 45.9 Å². The van der Waals surface area contributed by atoms with E-state index in [1.807, 2.05) is 25.1 Å². The van der Waals surface area contributed by atoms with Crippen LogP contribution in [-0.2, 0) is 4.79 Å². The van der Waals surface area contributed by atoms with E-state index in [0.29, 0.717) is 11.7 Å². The molecule has 0 saturated heterocycles. The van der Waals surface area contributed by atoms with Crippen molar-refractivity contribution in [1.82, 2.24) is 4.98 Å². The number of aromatic nitrogens is 1. The van der Waals surface area contributed by atoms with Crippen molar-refractivity contribution >= 4 is 44.4 Å². The van der Waals surface area contributed by atoms with Gasteiger partial charge in [-0.2, -0.15) is 0 Å². The summed E-state index contributed by atoms with van der Waals surface area (Å²) in [6.45, 7) is 2.50. The fourth-order valence-electron chi connectivity index (χ4n) is 1.53. The van der Waals surface area contributed by atoms with Crippen molar-refractivity contribution in [1.29, 1.82) is 0 Å².